The Bertz CT molecular complexity index is 651. The Morgan fingerprint density at radius 1 is 1.16 bits per heavy atom. The van der Waals surface area contributed by atoms with Gasteiger partial charge in [0.25, 0.3) is 0 Å². The first kappa shape index (κ1) is 13.2. The molecule has 5 nitrogen and oxygen atoms in total. The second-order valence-electron chi connectivity index (χ2n) is 3.78. The van der Waals surface area contributed by atoms with Gasteiger partial charge in [0, 0.05) is 24.5 Å². The number of thiophene rings is 1. The van der Waals surface area contributed by atoms with E-state index >= 15 is 0 Å². The molecule has 0 spiro atoms. The zero-order valence-electron chi connectivity index (χ0n) is 10.2. The van der Waals surface area contributed by atoms with Crippen molar-refractivity contribution >= 4 is 23.1 Å². The van der Waals surface area contributed by atoms with Gasteiger partial charge < -0.3 is 9.30 Å². The van der Waals surface area contributed by atoms with Gasteiger partial charge in [-0.25, -0.2) is 4.79 Å². The van der Waals surface area contributed by atoms with Crippen LogP contribution >= 0.6 is 11.3 Å². The van der Waals surface area contributed by atoms with Crippen LogP contribution in [-0.4, -0.2) is 23.4 Å². The molecule has 0 aliphatic rings. The summed E-state index contributed by atoms with van der Waals surface area (Å²) in [6.07, 6.45) is 3.10. The van der Waals surface area contributed by atoms with Crippen molar-refractivity contribution in [2.24, 2.45) is 0 Å². The zero-order chi connectivity index (χ0) is 13.8. The van der Waals surface area contributed by atoms with Crippen LogP contribution < -0.4 is 5.43 Å². The number of pyridine rings is 1. The molecule has 0 amide bonds. The van der Waals surface area contributed by atoms with Crippen LogP contribution in [0.1, 0.15) is 19.3 Å². The van der Waals surface area contributed by atoms with Crippen LogP contribution in [0.25, 0.3) is 0 Å². The van der Waals surface area contributed by atoms with Gasteiger partial charge in [-0.2, -0.15) is 0 Å². The number of esters is 1. The Kier molecular flexibility index (Phi) is 3.91. The van der Waals surface area contributed by atoms with E-state index in [2.05, 4.69) is 4.74 Å². The van der Waals surface area contributed by atoms with Crippen molar-refractivity contribution in [1.82, 2.24) is 4.57 Å². The van der Waals surface area contributed by atoms with Crippen LogP contribution in [0.5, 0.6) is 0 Å². The lowest BCUT2D eigenvalue weighted by Gasteiger charge is -2.02. The molecular weight excluding hydrogens is 266 g/mol. The van der Waals surface area contributed by atoms with E-state index in [0.29, 0.717) is 9.75 Å². The maximum Gasteiger partial charge on any atom is 0.348 e. The molecule has 0 N–H and O–H groups in total. The van der Waals surface area contributed by atoms with Crippen molar-refractivity contribution in [2.75, 3.05) is 7.11 Å². The third-order valence-electron chi connectivity index (χ3n) is 2.45. The summed E-state index contributed by atoms with van der Waals surface area (Å²) in [5.41, 5.74) is -0.104. The maximum atomic E-state index is 12.0. The monoisotopic (exact) mass is 277 g/mol. The van der Waals surface area contributed by atoms with E-state index in [1.807, 2.05) is 0 Å². The van der Waals surface area contributed by atoms with Crippen molar-refractivity contribution in [1.29, 1.82) is 0 Å². The molecule has 0 saturated carbocycles. The highest BCUT2D eigenvalue weighted by atomic mass is 32.1. The topological polar surface area (TPSA) is 65.4 Å². The minimum absolute atomic E-state index is 0.104. The summed E-state index contributed by atoms with van der Waals surface area (Å²) in [7, 11) is 1.30. The van der Waals surface area contributed by atoms with Crippen LogP contribution in [0.2, 0.25) is 0 Å². The van der Waals surface area contributed by atoms with Gasteiger partial charge in [0.15, 0.2) is 11.2 Å². The standard InChI is InChI=1S/C13H11NO4S/c1-18-13(17)12-3-2-11(19-12)10(16)8-14-6-4-9(15)5-7-14/h2-7H,8H2,1H3. The lowest BCUT2D eigenvalue weighted by atomic mass is 10.3. The second kappa shape index (κ2) is 5.62. The van der Waals surface area contributed by atoms with Gasteiger partial charge in [0.2, 0.25) is 0 Å². The second-order valence-corrected chi connectivity index (χ2v) is 4.87. The van der Waals surface area contributed by atoms with Crippen LogP contribution in [0.15, 0.2) is 41.5 Å². The van der Waals surface area contributed by atoms with E-state index in [0.717, 1.165) is 11.3 Å². The summed E-state index contributed by atoms with van der Waals surface area (Å²) in [4.78, 5) is 35.1. The predicted octanol–water partition coefficient (Wildman–Crippen LogP) is 1.58. The van der Waals surface area contributed by atoms with Gasteiger partial charge in [-0.3, -0.25) is 9.59 Å². The predicted molar refractivity (Wildman–Crippen MR) is 70.7 cm³/mol. The third kappa shape index (κ3) is 3.17. The minimum Gasteiger partial charge on any atom is -0.465 e. The van der Waals surface area contributed by atoms with E-state index in [1.165, 1.54) is 19.2 Å². The molecule has 0 radical (unpaired) electrons. The maximum absolute atomic E-state index is 12.0. The average Bonchev–Trinajstić information content (AvgIpc) is 2.90. The van der Waals surface area contributed by atoms with E-state index in [4.69, 9.17) is 0 Å². The van der Waals surface area contributed by atoms with Crippen molar-refractivity contribution in [2.45, 2.75) is 6.54 Å². The molecule has 2 aromatic rings. The Hall–Kier alpha value is -2.21. The zero-order valence-corrected chi connectivity index (χ0v) is 11.0. The molecule has 0 aliphatic heterocycles. The van der Waals surface area contributed by atoms with Crippen molar-refractivity contribution in [3.8, 4) is 0 Å². The van der Waals surface area contributed by atoms with E-state index in [1.54, 1.807) is 29.1 Å². The summed E-state index contributed by atoms with van der Waals surface area (Å²) in [5.74, 6) is -0.573. The van der Waals surface area contributed by atoms with Crippen molar-refractivity contribution < 1.29 is 14.3 Å². The van der Waals surface area contributed by atoms with Crippen LogP contribution in [0.4, 0.5) is 0 Å². The third-order valence-corrected chi connectivity index (χ3v) is 3.56. The number of carbonyl (C=O) groups is 2. The molecule has 0 atom stereocenters. The molecule has 98 valence electrons. The van der Waals surface area contributed by atoms with E-state index in [-0.39, 0.29) is 17.8 Å². The molecular formula is C13H11NO4S. The van der Waals surface area contributed by atoms with Crippen molar-refractivity contribution in [3.05, 3.63) is 56.6 Å². The highest BCUT2D eigenvalue weighted by Crippen LogP contribution is 2.18. The average molecular weight is 277 g/mol. The van der Waals surface area contributed by atoms with Crippen LogP contribution in [-0.2, 0) is 11.3 Å². The normalized spacial score (nSPS) is 10.2. The van der Waals surface area contributed by atoms with E-state index < -0.39 is 5.97 Å². The molecule has 2 heterocycles. The number of rotatable bonds is 4. The number of ketones is 1. The number of hydrogen-bond donors (Lipinski definition) is 0. The Labute approximate surface area is 113 Å². The molecule has 0 bridgehead atoms. The van der Waals surface area contributed by atoms with Gasteiger partial charge in [0.05, 0.1) is 18.5 Å². The van der Waals surface area contributed by atoms with E-state index in [9.17, 15) is 14.4 Å². The van der Waals surface area contributed by atoms with Crippen LogP contribution in [0, 0.1) is 0 Å². The number of nitrogens with zero attached hydrogens (tertiary/aromatic N) is 1. The summed E-state index contributed by atoms with van der Waals surface area (Å²) in [6, 6.07) is 5.94. The fraction of sp³-hybridized carbons (Fsp3) is 0.154. The molecule has 0 aliphatic carbocycles. The highest BCUT2D eigenvalue weighted by Gasteiger charge is 2.13. The van der Waals surface area contributed by atoms with Gasteiger partial charge in [-0.05, 0) is 12.1 Å². The number of methoxy groups -OCH3 is 1. The summed E-state index contributed by atoms with van der Waals surface area (Å²) in [5, 5.41) is 0. The molecule has 2 aromatic heterocycles. The first-order valence-corrected chi connectivity index (χ1v) is 6.29. The Balaban J connectivity index is 2.11. The number of aromatic nitrogens is 1. The molecule has 0 saturated heterocycles. The first-order chi connectivity index (χ1) is 9.10. The summed E-state index contributed by atoms with van der Waals surface area (Å²) >= 11 is 1.10. The van der Waals surface area contributed by atoms with Gasteiger partial charge in [0.1, 0.15) is 4.88 Å². The van der Waals surface area contributed by atoms with Gasteiger partial charge in [-0.1, -0.05) is 0 Å². The molecule has 19 heavy (non-hydrogen) atoms. The fourth-order valence-corrected chi connectivity index (χ4v) is 2.34. The first-order valence-electron chi connectivity index (χ1n) is 5.47. The van der Waals surface area contributed by atoms with Gasteiger partial charge >= 0.3 is 5.97 Å². The molecule has 0 fully saturated rings. The number of Topliss-reactive ketones (excluding diaryl/α,β-unsaturated/α-hetero) is 1. The molecule has 0 unspecified atom stereocenters. The van der Waals surface area contributed by atoms with Gasteiger partial charge in [-0.15, -0.1) is 11.3 Å². The molecule has 0 aromatic carbocycles. The largest absolute Gasteiger partial charge is 0.465 e. The Morgan fingerprint density at radius 2 is 1.79 bits per heavy atom. The Morgan fingerprint density at radius 3 is 2.42 bits per heavy atom. The molecule has 6 heteroatoms. The number of ether oxygens (including phenoxy) is 1. The fourth-order valence-electron chi connectivity index (χ4n) is 1.49. The number of hydrogen-bond acceptors (Lipinski definition) is 5. The smallest absolute Gasteiger partial charge is 0.348 e. The summed E-state index contributed by atoms with van der Waals surface area (Å²) < 4.78 is 6.19. The van der Waals surface area contributed by atoms with Crippen molar-refractivity contribution in [3.63, 3.8) is 0 Å². The highest BCUT2D eigenvalue weighted by molar-refractivity contribution is 7.15. The molecule has 2 rings (SSSR count). The number of carbonyl (C=O) groups excluding carboxylic acids is 2. The lowest BCUT2D eigenvalue weighted by molar-refractivity contribution is 0.0606. The summed E-state index contributed by atoms with van der Waals surface area (Å²) in [6.45, 7) is 0.126. The minimum atomic E-state index is -0.451. The lowest BCUT2D eigenvalue weighted by Crippen LogP contribution is -2.11. The SMILES string of the molecule is COC(=O)c1ccc(C(=O)Cn2ccc(=O)cc2)s1. The van der Waals surface area contributed by atoms with Crippen LogP contribution in [0.3, 0.4) is 0 Å². The quantitative estimate of drug-likeness (QED) is 0.628.